The van der Waals surface area contributed by atoms with Crippen molar-refractivity contribution >= 4 is 17.4 Å². The molecule has 6 nitrogen and oxygen atoms in total. The number of carbonyl (C=O) groups is 1. The summed E-state index contributed by atoms with van der Waals surface area (Å²) in [5.41, 5.74) is 2.70. The Morgan fingerprint density at radius 2 is 1.79 bits per heavy atom. The maximum absolute atomic E-state index is 12.8. The molecular weight excluding hydrogens is 350 g/mol. The summed E-state index contributed by atoms with van der Waals surface area (Å²) < 4.78 is 0. The molecule has 0 saturated carbocycles. The van der Waals surface area contributed by atoms with Gasteiger partial charge in [-0.3, -0.25) is 9.78 Å². The molecule has 0 aliphatic carbocycles. The van der Waals surface area contributed by atoms with Gasteiger partial charge in [0.15, 0.2) is 5.82 Å². The van der Waals surface area contributed by atoms with E-state index in [-0.39, 0.29) is 11.8 Å². The van der Waals surface area contributed by atoms with Crippen molar-refractivity contribution in [2.45, 2.75) is 12.8 Å². The fraction of sp³-hybridized carbons (Fsp3) is 0.273. The number of benzene rings is 1. The number of anilines is 2. The summed E-state index contributed by atoms with van der Waals surface area (Å²) in [6.45, 7) is 1.61. The molecule has 0 spiro atoms. The summed E-state index contributed by atoms with van der Waals surface area (Å²) in [5, 5.41) is 8.72. The van der Waals surface area contributed by atoms with Crippen LogP contribution in [0.5, 0.6) is 0 Å². The minimum absolute atomic E-state index is 0.0454. The first kappa shape index (κ1) is 18.1. The second-order valence-electron chi connectivity index (χ2n) is 7.01. The zero-order valence-electron chi connectivity index (χ0n) is 15.9. The van der Waals surface area contributed by atoms with E-state index in [9.17, 15) is 4.79 Å². The Hall–Kier alpha value is -3.28. The molecule has 3 heterocycles. The lowest BCUT2D eigenvalue weighted by atomic mass is 9.95. The molecule has 1 aromatic carbocycles. The largest absolute Gasteiger partial charge is 0.355 e. The summed E-state index contributed by atoms with van der Waals surface area (Å²) in [6.07, 6.45) is 5.17. The van der Waals surface area contributed by atoms with E-state index in [0.717, 1.165) is 48.7 Å². The summed E-state index contributed by atoms with van der Waals surface area (Å²) >= 11 is 0. The lowest BCUT2D eigenvalue weighted by Gasteiger charge is -2.33. The fourth-order valence-electron chi connectivity index (χ4n) is 3.57. The van der Waals surface area contributed by atoms with Gasteiger partial charge in [-0.1, -0.05) is 18.2 Å². The topological polar surface area (TPSA) is 62.2 Å². The van der Waals surface area contributed by atoms with E-state index in [2.05, 4.69) is 20.1 Å². The number of piperidine rings is 1. The molecule has 0 N–H and O–H groups in total. The number of hydrogen-bond donors (Lipinski definition) is 0. The molecule has 0 bridgehead atoms. The smallest absolute Gasteiger partial charge is 0.229 e. The molecule has 6 heteroatoms. The first-order valence-corrected chi connectivity index (χ1v) is 9.54. The Bertz CT molecular complexity index is 907. The minimum Gasteiger partial charge on any atom is -0.355 e. The van der Waals surface area contributed by atoms with E-state index in [1.54, 1.807) is 17.3 Å². The van der Waals surface area contributed by atoms with Crippen LogP contribution in [0.2, 0.25) is 0 Å². The van der Waals surface area contributed by atoms with E-state index in [1.165, 1.54) is 0 Å². The molecule has 0 unspecified atom stereocenters. The molecule has 1 aliphatic heterocycles. The standard InChI is InChI=1S/C22H23N5O/c1-26(19-7-3-2-4-8-19)22(28)17-11-14-27(15-12-17)21-10-9-20(24-25-21)18-6-5-13-23-16-18/h2-10,13,16-17H,11-12,14-15H2,1H3. The highest BCUT2D eigenvalue weighted by atomic mass is 16.2. The van der Waals surface area contributed by atoms with Gasteiger partial charge in [-0.2, -0.15) is 0 Å². The number of aromatic nitrogens is 3. The van der Waals surface area contributed by atoms with Crippen LogP contribution < -0.4 is 9.80 Å². The molecule has 1 saturated heterocycles. The van der Waals surface area contributed by atoms with Crippen LogP contribution in [0.15, 0.2) is 67.0 Å². The van der Waals surface area contributed by atoms with Gasteiger partial charge >= 0.3 is 0 Å². The van der Waals surface area contributed by atoms with Gasteiger partial charge in [0.25, 0.3) is 0 Å². The predicted molar refractivity (Wildman–Crippen MR) is 110 cm³/mol. The van der Waals surface area contributed by atoms with Crippen molar-refractivity contribution in [2.24, 2.45) is 5.92 Å². The highest BCUT2D eigenvalue weighted by Gasteiger charge is 2.28. The normalized spacial score (nSPS) is 14.7. The second kappa shape index (κ2) is 8.17. The maximum Gasteiger partial charge on any atom is 0.229 e. The lowest BCUT2D eigenvalue weighted by Crippen LogP contribution is -2.41. The van der Waals surface area contributed by atoms with Crippen LogP contribution in [-0.4, -0.2) is 41.2 Å². The lowest BCUT2D eigenvalue weighted by molar-refractivity contribution is -0.122. The van der Waals surface area contributed by atoms with E-state index in [1.807, 2.05) is 61.6 Å². The van der Waals surface area contributed by atoms with E-state index < -0.39 is 0 Å². The van der Waals surface area contributed by atoms with Crippen molar-refractivity contribution in [3.8, 4) is 11.3 Å². The van der Waals surface area contributed by atoms with E-state index in [4.69, 9.17) is 0 Å². The van der Waals surface area contributed by atoms with Crippen molar-refractivity contribution in [3.05, 3.63) is 67.0 Å². The molecule has 28 heavy (non-hydrogen) atoms. The number of carbonyl (C=O) groups excluding carboxylic acids is 1. The Morgan fingerprint density at radius 1 is 1.00 bits per heavy atom. The van der Waals surface area contributed by atoms with Crippen LogP contribution in [0.4, 0.5) is 11.5 Å². The quantitative estimate of drug-likeness (QED) is 0.701. The average Bonchev–Trinajstić information content (AvgIpc) is 2.79. The van der Waals surface area contributed by atoms with Crippen LogP contribution in [0.1, 0.15) is 12.8 Å². The molecule has 2 aromatic heterocycles. The van der Waals surface area contributed by atoms with E-state index >= 15 is 0 Å². The number of pyridine rings is 1. The Morgan fingerprint density at radius 3 is 2.43 bits per heavy atom. The van der Waals surface area contributed by atoms with Crippen molar-refractivity contribution in [2.75, 3.05) is 29.9 Å². The second-order valence-corrected chi connectivity index (χ2v) is 7.01. The molecule has 142 valence electrons. The summed E-state index contributed by atoms with van der Waals surface area (Å²) in [7, 11) is 1.85. The number of hydrogen-bond acceptors (Lipinski definition) is 5. The van der Waals surface area contributed by atoms with Crippen LogP contribution in [-0.2, 0) is 4.79 Å². The van der Waals surface area contributed by atoms with Crippen molar-refractivity contribution in [1.82, 2.24) is 15.2 Å². The number of rotatable bonds is 4. The number of nitrogens with zero attached hydrogens (tertiary/aromatic N) is 5. The van der Waals surface area contributed by atoms with Gasteiger partial charge < -0.3 is 9.80 Å². The van der Waals surface area contributed by atoms with Gasteiger partial charge in [0.1, 0.15) is 0 Å². The van der Waals surface area contributed by atoms with Crippen LogP contribution in [0, 0.1) is 5.92 Å². The summed E-state index contributed by atoms with van der Waals surface area (Å²) in [4.78, 5) is 20.9. The number of amides is 1. The average molecular weight is 373 g/mol. The zero-order valence-corrected chi connectivity index (χ0v) is 15.9. The van der Waals surface area contributed by atoms with E-state index in [0.29, 0.717) is 0 Å². The van der Waals surface area contributed by atoms with Gasteiger partial charge in [0, 0.05) is 49.7 Å². The molecular formula is C22H23N5O. The Labute approximate surface area is 164 Å². The van der Waals surface area contributed by atoms with Gasteiger partial charge in [0.05, 0.1) is 5.69 Å². The molecule has 4 rings (SSSR count). The Balaban J connectivity index is 1.37. The van der Waals surface area contributed by atoms with Crippen molar-refractivity contribution in [3.63, 3.8) is 0 Å². The molecule has 0 atom stereocenters. The minimum atomic E-state index is 0.0454. The summed E-state index contributed by atoms with van der Waals surface area (Å²) in [5.74, 6) is 1.09. The first-order valence-electron chi connectivity index (χ1n) is 9.54. The third-order valence-corrected chi connectivity index (χ3v) is 5.25. The summed E-state index contributed by atoms with van der Waals surface area (Å²) in [6, 6.07) is 17.6. The molecule has 3 aromatic rings. The van der Waals surface area contributed by atoms with Crippen LogP contribution in [0.25, 0.3) is 11.3 Å². The van der Waals surface area contributed by atoms with Crippen LogP contribution >= 0.6 is 0 Å². The molecule has 0 radical (unpaired) electrons. The third-order valence-electron chi connectivity index (χ3n) is 5.25. The number of para-hydroxylation sites is 1. The van der Waals surface area contributed by atoms with Gasteiger partial charge in [-0.15, -0.1) is 10.2 Å². The molecule has 1 fully saturated rings. The van der Waals surface area contributed by atoms with Crippen molar-refractivity contribution < 1.29 is 4.79 Å². The van der Waals surface area contributed by atoms with Crippen LogP contribution in [0.3, 0.4) is 0 Å². The third kappa shape index (κ3) is 3.86. The molecule has 1 amide bonds. The SMILES string of the molecule is CN(C(=O)C1CCN(c2ccc(-c3cccnc3)nn2)CC1)c1ccccc1. The maximum atomic E-state index is 12.8. The van der Waals surface area contributed by atoms with Crippen molar-refractivity contribution in [1.29, 1.82) is 0 Å². The highest BCUT2D eigenvalue weighted by molar-refractivity contribution is 5.94. The first-order chi connectivity index (χ1) is 13.7. The monoisotopic (exact) mass is 373 g/mol. The van der Waals surface area contributed by atoms with Gasteiger partial charge in [-0.05, 0) is 49.2 Å². The zero-order chi connectivity index (χ0) is 19.3. The van der Waals surface area contributed by atoms with Gasteiger partial charge in [-0.25, -0.2) is 0 Å². The molecule has 1 aliphatic rings. The fourth-order valence-corrected chi connectivity index (χ4v) is 3.57. The predicted octanol–water partition coefficient (Wildman–Crippen LogP) is 3.42. The highest BCUT2D eigenvalue weighted by Crippen LogP contribution is 2.25. The van der Waals surface area contributed by atoms with Gasteiger partial charge in [0.2, 0.25) is 5.91 Å². The Kier molecular flexibility index (Phi) is 5.28.